The average Bonchev–Trinajstić information content (AvgIpc) is 2.99. The largest absolute Gasteiger partial charge is 0.348 e. The van der Waals surface area contributed by atoms with Crippen molar-refractivity contribution >= 4 is 35.0 Å². The molecule has 6 heteroatoms. The van der Waals surface area contributed by atoms with Crippen molar-refractivity contribution < 1.29 is 9.59 Å². The van der Waals surface area contributed by atoms with Gasteiger partial charge in [0.25, 0.3) is 5.91 Å². The van der Waals surface area contributed by atoms with Gasteiger partial charge in [-0.25, -0.2) is 0 Å². The summed E-state index contributed by atoms with van der Waals surface area (Å²) in [4.78, 5) is 25.8. The molecular weight excluding hydrogens is 359 g/mol. The van der Waals surface area contributed by atoms with Gasteiger partial charge in [0.05, 0.1) is 0 Å². The minimum absolute atomic E-state index is 0.171. The van der Waals surface area contributed by atoms with Gasteiger partial charge in [0, 0.05) is 41.7 Å². The molecule has 1 aliphatic heterocycles. The lowest BCUT2D eigenvalue weighted by Crippen LogP contribution is -2.24. The highest BCUT2D eigenvalue weighted by atomic mass is 35.5. The molecule has 0 saturated carbocycles. The first-order valence-corrected chi connectivity index (χ1v) is 8.87. The predicted octanol–water partition coefficient (Wildman–Crippen LogP) is 4.05. The first-order chi connectivity index (χ1) is 12.0. The number of rotatable bonds is 5. The maximum absolute atomic E-state index is 12.3. The summed E-state index contributed by atoms with van der Waals surface area (Å²) in [5.74, 6) is 0.0245. The van der Waals surface area contributed by atoms with Crippen molar-refractivity contribution in [1.29, 1.82) is 0 Å². The SMILES string of the molecule is O=C(NCc1ccc(Cl)cc1Cl)c1ccc(CN2CCCC2=O)cc1. The Kier molecular flexibility index (Phi) is 5.61. The van der Waals surface area contributed by atoms with Gasteiger partial charge in [0.2, 0.25) is 5.91 Å². The van der Waals surface area contributed by atoms with Gasteiger partial charge in [-0.3, -0.25) is 9.59 Å². The number of carbonyl (C=O) groups is 2. The fourth-order valence-corrected chi connectivity index (χ4v) is 3.27. The van der Waals surface area contributed by atoms with Crippen molar-refractivity contribution in [1.82, 2.24) is 10.2 Å². The summed E-state index contributed by atoms with van der Waals surface area (Å²) in [6.45, 7) is 1.74. The van der Waals surface area contributed by atoms with Crippen molar-refractivity contribution in [2.45, 2.75) is 25.9 Å². The second kappa shape index (κ2) is 7.89. The van der Waals surface area contributed by atoms with Gasteiger partial charge in [-0.05, 0) is 41.8 Å². The Bertz CT molecular complexity index is 791. The van der Waals surface area contributed by atoms with E-state index in [4.69, 9.17) is 23.2 Å². The zero-order valence-corrected chi connectivity index (χ0v) is 15.1. The number of nitrogens with one attached hydrogen (secondary N) is 1. The van der Waals surface area contributed by atoms with Gasteiger partial charge in [-0.1, -0.05) is 41.4 Å². The first-order valence-electron chi connectivity index (χ1n) is 8.12. The molecule has 0 radical (unpaired) electrons. The topological polar surface area (TPSA) is 49.4 Å². The summed E-state index contributed by atoms with van der Waals surface area (Å²) in [7, 11) is 0. The zero-order chi connectivity index (χ0) is 17.8. The Balaban J connectivity index is 1.58. The molecule has 0 aliphatic carbocycles. The third-order valence-electron chi connectivity index (χ3n) is 4.22. The Hall–Kier alpha value is -2.04. The molecule has 130 valence electrons. The molecule has 1 N–H and O–H groups in total. The van der Waals surface area contributed by atoms with Crippen LogP contribution in [0.5, 0.6) is 0 Å². The maximum atomic E-state index is 12.3. The highest BCUT2D eigenvalue weighted by molar-refractivity contribution is 6.35. The molecule has 25 heavy (non-hydrogen) atoms. The summed E-state index contributed by atoms with van der Waals surface area (Å²) in [6.07, 6.45) is 1.56. The molecule has 0 bridgehead atoms. The van der Waals surface area contributed by atoms with Gasteiger partial charge in [0.15, 0.2) is 0 Å². The Morgan fingerprint density at radius 2 is 1.88 bits per heavy atom. The summed E-state index contributed by atoms with van der Waals surface area (Å²) >= 11 is 12.0. The molecule has 0 spiro atoms. The average molecular weight is 377 g/mol. The van der Waals surface area contributed by atoms with Crippen LogP contribution >= 0.6 is 23.2 Å². The number of halogens is 2. The molecule has 2 aromatic rings. The van der Waals surface area contributed by atoms with E-state index in [1.165, 1.54) is 0 Å². The second-order valence-corrected chi connectivity index (χ2v) is 6.88. The van der Waals surface area contributed by atoms with E-state index in [0.29, 0.717) is 35.1 Å². The molecule has 3 rings (SSSR count). The van der Waals surface area contributed by atoms with Crippen LogP contribution in [0.25, 0.3) is 0 Å². The highest BCUT2D eigenvalue weighted by Gasteiger charge is 2.20. The van der Waals surface area contributed by atoms with Gasteiger partial charge >= 0.3 is 0 Å². The molecule has 1 saturated heterocycles. The fraction of sp³-hybridized carbons (Fsp3) is 0.263. The van der Waals surface area contributed by atoms with Crippen LogP contribution < -0.4 is 5.32 Å². The van der Waals surface area contributed by atoms with E-state index in [0.717, 1.165) is 24.1 Å². The number of amides is 2. The summed E-state index contributed by atoms with van der Waals surface area (Å²) in [6, 6.07) is 12.5. The lowest BCUT2D eigenvalue weighted by molar-refractivity contribution is -0.128. The molecule has 1 aliphatic rings. The predicted molar refractivity (Wildman–Crippen MR) is 98.7 cm³/mol. The molecule has 0 atom stereocenters. The minimum atomic E-state index is -0.171. The Labute approximate surface area is 156 Å². The van der Waals surface area contributed by atoms with Gasteiger partial charge in [0.1, 0.15) is 0 Å². The van der Waals surface area contributed by atoms with Gasteiger partial charge in [-0.2, -0.15) is 0 Å². The van der Waals surface area contributed by atoms with Crippen molar-refractivity contribution in [3.63, 3.8) is 0 Å². The Morgan fingerprint density at radius 1 is 1.12 bits per heavy atom. The molecule has 1 fully saturated rings. The van der Waals surface area contributed by atoms with Crippen molar-refractivity contribution in [3.8, 4) is 0 Å². The maximum Gasteiger partial charge on any atom is 0.251 e. The van der Waals surface area contributed by atoms with E-state index < -0.39 is 0 Å². The number of hydrogen-bond acceptors (Lipinski definition) is 2. The minimum Gasteiger partial charge on any atom is -0.348 e. The molecule has 1 heterocycles. The van der Waals surface area contributed by atoms with Crippen LogP contribution in [0, 0.1) is 0 Å². The van der Waals surface area contributed by atoms with E-state index in [1.54, 1.807) is 30.3 Å². The standard InChI is InChI=1S/C19H18Cl2N2O2/c20-16-8-7-15(17(21)10-16)11-22-19(25)14-5-3-13(4-6-14)12-23-9-1-2-18(23)24/h3-8,10H,1-2,9,11-12H2,(H,22,25). The van der Waals surface area contributed by atoms with E-state index in [2.05, 4.69) is 5.32 Å². The number of hydrogen-bond donors (Lipinski definition) is 1. The van der Waals surface area contributed by atoms with E-state index in [9.17, 15) is 9.59 Å². The molecule has 0 aromatic heterocycles. The first kappa shape index (κ1) is 17.8. The smallest absolute Gasteiger partial charge is 0.251 e. The number of likely N-dealkylation sites (tertiary alicyclic amines) is 1. The summed E-state index contributed by atoms with van der Waals surface area (Å²) < 4.78 is 0. The van der Waals surface area contributed by atoms with E-state index in [-0.39, 0.29) is 11.8 Å². The second-order valence-electron chi connectivity index (χ2n) is 6.03. The summed E-state index contributed by atoms with van der Waals surface area (Å²) in [5, 5.41) is 3.93. The van der Waals surface area contributed by atoms with Crippen LogP contribution in [0.15, 0.2) is 42.5 Å². The fourth-order valence-electron chi connectivity index (χ4n) is 2.80. The normalized spacial score (nSPS) is 14.0. The molecule has 2 amide bonds. The van der Waals surface area contributed by atoms with Crippen LogP contribution in [0.4, 0.5) is 0 Å². The third-order valence-corrected chi connectivity index (χ3v) is 4.80. The number of nitrogens with zero attached hydrogens (tertiary/aromatic N) is 1. The van der Waals surface area contributed by atoms with Crippen LogP contribution in [0.2, 0.25) is 10.0 Å². The quantitative estimate of drug-likeness (QED) is 0.855. The lowest BCUT2D eigenvalue weighted by Gasteiger charge is -2.15. The van der Waals surface area contributed by atoms with Crippen LogP contribution in [0.3, 0.4) is 0 Å². The van der Waals surface area contributed by atoms with E-state index in [1.807, 2.05) is 17.0 Å². The number of carbonyl (C=O) groups excluding carboxylic acids is 2. The van der Waals surface area contributed by atoms with Crippen LogP contribution in [0.1, 0.15) is 34.3 Å². The number of benzene rings is 2. The monoisotopic (exact) mass is 376 g/mol. The van der Waals surface area contributed by atoms with Gasteiger partial charge in [-0.15, -0.1) is 0 Å². The van der Waals surface area contributed by atoms with Crippen molar-refractivity contribution in [2.24, 2.45) is 0 Å². The zero-order valence-electron chi connectivity index (χ0n) is 13.6. The molecule has 4 nitrogen and oxygen atoms in total. The van der Waals surface area contributed by atoms with E-state index >= 15 is 0 Å². The van der Waals surface area contributed by atoms with Crippen LogP contribution in [-0.4, -0.2) is 23.3 Å². The van der Waals surface area contributed by atoms with Gasteiger partial charge < -0.3 is 10.2 Å². The third kappa shape index (κ3) is 4.53. The Morgan fingerprint density at radius 3 is 2.52 bits per heavy atom. The lowest BCUT2D eigenvalue weighted by atomic mass is 10.1. The highest BCUT2D eigenvalue weighted by Crippen LogP contribution is 2.21. The van der Waals surface area contributed by atoms with Crippen molar-refractivity contribution in [2.75, 3.05) is 6.54 Å². The molecule has 2 aromatic carbocycles. The van der Waals surface area contributed by atoms with Crippen LogP contribution in [-0.2, 0) is 17.9 Å². The molecular formula is C19H18Cl2N2O2. The molecule has 0 unspecified atom stereocenters. The van der Waals surface area contributed by atoms with Crippen molar-refractivity contribution in [3.05, 3.63) is 69.2 Å². The summed E-state index contributed by atoms with van der Waals surface area (Å²) in [5.41, 5.74) is 2.40.